The maximum Gasteiger partial charge on any atom is 0.137 e. The Morgan fingerprint density at radius 1 is 1.12 bits per heavy atom. The van der Waals surface area contributed by atoms with Gasteiger partial charge in [-0.15, -0.1) is 0 Å². The molecule has 0 aliphatic heterocycles. The van der Waals surface area contributed by atoms with Crippen LogP contribution < -0.4 is 0 Å². The van der Waals surface area contributed by atoms with Gasteiger partial charge in [-0.1, -0.05) is 13.1 Å². The summed E-state index contributed by atoms with van der Waals surface area (Å²) in [6, 6.07) is 0. The lowest BCUT2D eigenvalue weighted by Gasteiger charge is -2.15. The van der Waals surface area contributed by atoms with E-state index in [1.54, 1.807) is 14.2 Å². The summed E-state index contributed by atoms with van der Waals surface area (Å²) < 4.78 is 10.0. The van der Waals surface area contributed by atoms with E-state index in [2.05, 4.69) is 13.1 Å². The quantitative estimate of drug-likeness (QED) is 0.416. The average Bonchev–Trinajstić information content (AvgIpc) is 1.69. The third-order valence-corrected chi connectivity index (χ3v) is 2.64. The van der Waals surface area contributed by atoms with Crippen LogP contribution in [0.15, 0.2) is 0 Å². The van der Waals surface area contributed by atoms with Gasteiger partial charge in [-0.3, -0.25) is 0 Å². The summed E-state index contributed by atoms with van der Waals surface area (Å²) >= 11 is 0. The van der Waals surface area contributed by atoms with Crippen molar-refractivity contribution in [3.05, 3.63) is 0 Å². The molecule has 2 nitrogen and oxygen atoms in total. The standard InChI is InChI=1S/C5H14O2Si/c1-6-5(7-2)8(3)4/h5,8H,1-4H3. The van der Waals surface area contributed by atoms with Gasteiger partial charge in [0.1, 0.15) is 5.91 Å². The van der Waals surface area contributed by atoms with E-state index in [-0.39, 0.29) is 5.91 Å². The van der Waals surface area contributed by atoms with Gasteiger partial charge in [-0.05, 0) is 0 Å². The molecule has 0 saturated carbocycles. The molecule has 0 rings (SSSR count). The summed E-state index contributed by atoms with van der Waals surface area (Å²) in [6.45, 7) is 4.38. The van der Waals surface area contributed by atoms with E-state index in [9.17, 15) is 0 Å². The molecule has 0 aliphatic rings. The fraction of sp³-hybridized carbons (Fsp3) is 1.00. The summed E-state index contributed by atoms with van der Waals surface area (Å²) in [7, 11) is 2.63. The monoisotopic (exact) mass is 134 g/mol. The molecule has 0 aromatic carbocycles. The highest BCUT2D eigenvalue weighted by Gasteiger charge is 2.10. The molecule has 3 heteroatoms. The zero-order chi connectivity index (χ0) is 6.57. The fourth-order valence-corrected chi connectivity index (χ4v) is 1.73. The Bertz CT molecular complexity index is 52.4. The molecule has 0 atom stereocenters. The van der Waals surface area contributed by atoms with E-state index < -0.39 is 8.80 Å². The van der Waals surface area contributed by atoms with Crippen molar-refractivity contribution in [1.29, 1.82) is 0 Å². The van der Waals surface area contributed by atoms with Crippen LogP contribution in [0.5, 0.6) is 0 Å². The second-order valence-electron chi connectivity index (χ2n) is 2.08. The molecule has 50 valence electrons. The van der Waals surface area contributed by atoms with Gasteiger partial charge >= 0.3 is 0 Å². The van der Waals surface area contributed by atoms with Crippen molar-refractivity contribution >= 4 is 8.80 Å². The van der Waals surface area contributed by atoms with Crippen LogP contribution in [-0.4, -0.2) is 28.9 Å². The van der Waals surface area contributed by atoms with E-state index in [4.69, 9.17) is 9.47 Å². The molecule has 0 N–H and O–H groups in total. The van der Waals surface area contributed by atoms with E-state index in [0.29, 0.717) is 0 Å². The molecule has 0 aromatic rings. The molecule has 0 aromatic heterocycles. The van der Waals surface area contributed by atoms with Crippen molar-refractivity contribution < 1.29 is 9.47 Å². The lowest BCUT2D eigenvalue weighted by Crippen LogP contribution is -2.28. The number of hydrogen-bond acceptors (Lipinski definition) is 2. The van der Waals surface area contributed by atoms with Gasteiger partial charge in [0.2, 0.25) is 0 Å². The van der Waals surface area contributed by atoms with Crippen LogP contribution in [0.4, 0.5) is 0 Å². The Kier molecular flexibility index (Phi) is 4.13. The van der Waals surface area contributed by atoms with Crippen LogP contribution in [0, 0.1) is 0 Å². The van der Waals surface area contributed by atoms with Crippen molar-refractivity contribution in [3.63, 3.8) is 0 Å². The SMILES string of the molecule is COC(OC)[SiH](C)C. The molecule has 8 heavy (non-hydrogen) atoms. The van der Waals surface area contributed by atoms with Crippen LogP contribution in [-0.2, 0) is 9.47 Å². The van der Waals surface area contributed by atoms with E-state index in [0.717, 1.165) is 0 Å². The lowest BCUT2D eigenvalue weighted by molar-refractivity contribution is -0.0463. The van der Waals surface area contributed by atoms with Crippen molar-refractivity contribution in [1.82, 2.24) is 0 Å². The van der Waals surface area contributed by atoms with Gasteiger partial charge in [0.05, 0.1) is 8.80 Å². The van der Waals surface area contributed by atoms with Crippen LogP contribution in [0.3, 0.4) is 0 Å². The normalized spacial score (nSPS) is 11.2. The number of ether oxygens (including phenoxy) is 2. The zero-order valence-corrected chi connectivity index (χ0v) is 7.13. The minimum atomic E-state index is -0.730. The highest BCUT2D eigenvalue weighted by atomic mass is 28.3. The van der Waals surface area contributed by atoms with Gasteiger partial charge in [0, 0.05) is 14.2 Å². The predicted octanol–water partition coefficient (Wildman–Crippen LogP) is 0.631. The van der Waals surface area contributed by atoms with Crippen molar-refractivity contribution in [2.45, 2.75) is 19.0 Å². The smallest absolute Gasteiger partial charge is 0.137 e. The molecular formula is C5H14O2Si. The van der Waals surface area contributed by atoms with Crippen LogP contribution in [0.25, 0.3) is 0 Å². The molecule has 0 spiro atoms. The van der Waals surface area contributed by atoms with Crippen molar-refractivity contribution in [2.75, 3.05) is 14.2 Å². The molecule has 0 radical (unpaired) electrons. The van der Waals surface area contributed by atoms with Gasteiger partial charge in [-0.25, -0.2) is 0 Å². The Balaban J connectivity index is 3.35. The predicted molar refractivity (Wildman–Crippen MR) is 36.7 cm³/mol. The van der Waals surface area contributed by atoms with E-state index in [1.807, 2.05) is 0 Å². The van der Waals surface area contributed by atoms with Gasteiger partial charge in [-0.2, -0.15) is 0 Å². The first kappa shape index (κ1) is 8.14. The number of methoxy groups -OCH3 is 2. The highest BCUT2D eigenvalue weighted by molar-refractivity contribution is 6.56. The molecule has 0 unspecified atom stereocenters. The van der Waals surface area contributed by atoms with Crippen LogP contribution >= 0.6 is 0 Å². The second kappa shape index (κ2) is 4.06. The summed E-state index contributed by atoms with van der Waals surface area (Å²) in [5.74, 6) is 0.0926. The number of rotatable bonds is 3. The van der Waals surface area contributed by atoms with Crippen LogP contribution in [0.2, 0.25) is 13.1 Å². The maximum atomic E-state index is 5.00. The Morgan fingerprint density at radius 2 is 1.50 bits per heavy atom. The van der Waals surface area contributed by atoms with E-state index in [1.165, 1.54) is 0 Å². The molecule has 0 saturated heterocycles. The molecule has 0 bridgehead atoms. The molecular weight excluding hydrogens is 120 g/mol. The summed E-state index contributed by atoms with van der Waals surface area (Å²) in [5, 5.41) is 0. The first-order valence-corrected chi connectivity index (χ1v) is 5.75. The summed E-state index contributed by atoms with van der Waals surface area (Å²) in [6.07, 6.45) is 0. The Morgan fingerprint density at radius 3 is 1.50 bits per heavy atom. The van der Waals surface area contributed by atoms with Gasteiger partial charge < -0.3 is 9.47 Å². The third kappa shape index (κ3) is 2.45. The largest absolute Gasteiger partial charge is 0.360 e. The summed E-state index contributed by atoms with van der Waals surface area (Å²) in [5.41, 5.74) is 0. The summed E-state index contributed by atoms with van der Waals surface area (Å²) in [4.78, 5) is 0. The second-order valence-corrected chi connectivity index (χ2v) is 5.12. The number of hydrogen-bond donors (Lipinski definition) is 0. The first-order chi connectivity index (χ1) is 3.72. The minimum Gasteiger partial charge on any atom is -0.360 e. The lowest BCUT2D eigenvalue weighted by atomic mass is 11.3. The first-order valence-electron chi connectivity index (χ1n) is 2.78. The third-order valence-electron chi connectivity index (χ3n) is 1.01. The Labute approximate surface area is 52.4 Å². The minimum absolute atomic E-state index is 0.0926. The van der Waals surface area contributed by atoms with Crippen molar-refractivity contribution in [2.24, 2.45) is 0 Å². The Hall–Kier alpha value is 0.137. The fourth-order valence-electron chi connectivity index (χ4n) is 0.641. The van der Waals surface area contributed by atoms with Gasteiger partial charge in [0.15, 0.2) is 0 Å². The topological polar surface area (TPSA) is 18.5 Å². The van der Waals surface area contributed by atoms with Crippen molar-refractivity contribution in [3.8, 4) is 0 Å². The molecule has 0 aliphatic carbocycles. The maximum absolute atomic E-state index is 5.00. The molecule has 0 amide bonds. The van der Waals surface area contributed by atoms with E-state index >= 15 is 0 Å². The zero-order valence-electron chi connectivity index (χ0n) is 5.97. The average molecular weight is 134 g/mol. The highest BCUT2D eigenvalue weighted by Crippen LogP contribution is 1.95. The van der Waals surface area contributed by atoms with Crippen LogP contribution in [0.1, 0.15) is 0 Å². The molecule has 0 fully saturated rings. The van der Waals surface area contributed by atoms with Gasteiger partial charge in [0.25, 0.3) is 0 Å². The molecule has 0 heterocycles.